The Morgan fingerprint density at radius 2 is 1.62 bits per heavy atom. The quantitative estimate of drug-likeness (QED) is 0.752. The Balaban J connectivity index is 0.00000128. The summed E-state index contributed by atoms with van der Waals surface area (Å²) in [7, 11) is -1.36. The maximum absolute atomic E-state index is 8.94. The predicted octanol–water partition coefficient (Wildman–Crippen LogP) is 0.384. The summed E-state index contributed by atoms with van der Waals surface area (Å²) in [5.74, 6) is 0. The van der Waals surface area contributed by atoms with Gasteiger partial charge in [0.05, 0.1) is 0 Å². The van der Waals surface area contributed by atoms with Crippen LogP contribution in [0.2, 0.25) is 0 Å². The van der Waals surface area contributed by atoms with E-state index in [0.29, 0.717) is 5.46 Å². The van der Waals surface area contributed by atoms with Crippen LogP contribution in [0.3, 0.4) is 0 Å². The number of benzene rings is 1. The van der Waals surface area contributed by atoms with Gasteiger partial charge in [0.1, 0.15) is 0 Å². The van der Waals surface area contributed by atoms with Gasteiger partial charge in [0, 0.05) is 6.54 Å². The highest BCUT2D eigenvalue weighted by molar-refractivity contribution is 6.58. The Bertz CT molecular complexity index is 312. The summed E-state index contributed by atoms with van der Waals surface area (Å²) < 4.78 is 0. The second kappa shape index (κ2) is 6.25. The maximum Gasteiger partial charge on any atom is 0.488 e. The Hall–Kier alpha value is -0.545. The molecule has 5 heteroatoms. The molecular formula is C11H17BClNO2. The molecule has 1 saturated heterocycles. The summed E-state index contributed by atoms with van der Waals surface area (Å²) in [6, 6.07) is 7.48. The van der Waals surface area contributed by atoms with Crippen LogP contribution in [0, 0.1) is 0 Å². The van der Waals surface area contributed by atoms with E-state index in [9.17, 15) is 0 Å². The summed E-state index contributed by atoms with van der Waals surface area (Å²) in [6.45, 7) is 3.34. The first-order chi connectivity index (χ1) is 7.25. The highest BCUT2D eigenvalue weighted by Crippen LogP contribution is 2.11. The SMILES string of the molecule is Cl.OB(O)c1ccc(CN2CCCC2)cc1. The second-order valence-corrected chi connectivity index (χ2v) is 4.10. The van der Waals surface area contributed by atoms with Gasteiger partial charge < -0.3 is 10.0 Å². The first kappa shape index (κ1) is 13.5. The summed E-state index contributed by atoms with van der Waals surface area (Å²) in [6.07, 6.45) is 2.60. The first-order valence-corrected chi connectivity index (χ1v) is 5.43. The van der Waals surface area contributed by atoms with Gasteiger partial charge in [0.25, 0.3) is 0 Å². The van der Waals surface area contributed by atoms with Gasteiger partial charge in [-0.3, -0.25) is 4.90 Å². The summed E-state index contributed by atoms with van der Waals surface area (Å²) in [5.41, 5.74) is 1.79. The molecule has 1 fully saturated rings. The smallest absolute Gasteiger partial charge is 0.423 e. The largest absolute Gasteiger partial charge is 0.488 e. The van der Waals surface area contributed by atoms with Crippen LogP contribution in [0.25, 0.3) is 0 Å². The fourth-order valence-corrected chi connectivity index (χ4v) is 1.99. The highest BCUT2D eigenvalue weighted by atomic mass is 35.5. The van der Waals surface area contributed by atoms with E-state index in [0.717, 1.165) is 6.54 Å². The number of nitrogens with zero attached hydrogens (tertiary/aromatic N) is 1. The fourth-order valence-electron chi connectivity index (χ4n) is 1.99. The van der Waals surface area contributed by atoms with Gasteiger partial charge in [-0.05, 0) is 37.0 Å². The molecule has 0 unspecified atom stereocenters. The molecule has 0 bridgehead atoms. The van der Waals surface area contributed by atoms with Gasteiger partial charge in [-0.1, -0.05) is 24.3 Å². The molecule has 2 rings (SSSR count). The van der Waals surface area contributed by atoms with Crippen molar-refractivity contribution in [3.63, 3.8) is 0 Å². The molecule has 16 heavy (non-hydrogen) atoms. The lowest BCUT2D eigenvalue weighted by molar-refractivity contribution is 0.331. The van der Waals surface area contributed by atoms with Crippen molar-refractivity contribution in [3.8, 4) is 0 Å². The van der Waals surface area contributed by atoms with Crippen molar-refractivity contribution in [2.24, 2.45) is 0 Å². The molecule has 0 atom stereocenters. The molecule has 0 aromatic heterocycles. The lowest BCUT2D eigenvalue weighted by Gasteiger charge is -2.14. The zero-order valence-electron chi connectivity index (χ0n) is 9.17. The van der Waals surface area contributed by atoms with Gasteiger partial charge in [0.15, 0.2) is 0 Å². The third-order valence-corrected chi connectivity index (χ3v) is 2.88. The lowest BCUT2D eigenvalue weighted by atomic mass is 9.80. The van der Waals surface area contributed by atoms with E-state index in [1.165, 1.54) is 31.5 Å². The van der Waals surface area contributed by atoms with E-state index in [-0.39, 0.29) is 12.4 Å². The molecule has 3 nitrogen and oxygen atoms in total. The van der Waals surface area contributed by atoms with Crippen molar-refractivity contribution in [1.82, 2.24) is 4.90 Å². The Kier molecular flexibility index (Phi) is 5.28. The molecule has 0 saturated carbocycles. The van der Waals surface area contributed by atoms with Crippen LogP contribution < -0.4 is 5.46 Å². The Morgan fingerprint density at radius 3 is 2.12 bits per heavy atom. The molecule has 1 aromatic carbocycles. The molecule has 2 N–H and O–H groups in total. The maximum atomic E-state index is 8.94. The van der Waals surface area contributed by atoms with Gasteiger partial charge in [-0.25, -0.2) is 0 Å². The zero-order valence-corrected chi connectivity index (χ0v) is 9.99. The minimum absolute atomic E-state index is 0. The molecule has 1 aliphatic rings. The molecule has 0 aliphatic carbocycles. The topological polar surface area (TPSA) is 43.7 Å². The van der Waals surface area contributed by atoms with E-state index < -0.39 is 7.12 Å². The summed E-state index contributed by atoms with van der Waals surface area (Å²) in [5, 5.41) is 17.9. The number of halogens is 1. The number of hydrogen-bond acceptors (Lipinski definition) is 3. The molecular weight excluding hydrogens is 224 g/mol. The molecule has 0 radical (unpaired) electrons. The predicted molar refractivity (Wildman–Crippen MR) is 68.0 cm³/mol. The van der Waals surface area contributed by atoms with E-state index >= 15 is 0 Å². The lowest BCUT2D eigenvalue weighted by Crippen LogP contribution is -2.29. The molecule has 88 valence electrons. The van der Waals surface area contributed by atoms with Crippen LogP contribution in [-0.4, -0.2) is 35.2 Å². The van der Waals surface area contributed by atoms with E-state index in [1.807, 2.05) is 12.1 Å². The molecule has 1 aliphatic heterocycles. The van der Waals surface area contributed by atoms with Crippen LogP contribution in [0.15, 0.2) is 24.3 Å². The molecule has 0 amide bonds. The molecule has 1 aromatic rings. The van der Waals surface area contributed by atoms with Gasteiger partial charge in [-0.15, -0.1) is 12.4 Å². The normalized spacial score (nSPS) is 15.9. The summed E-state index contributed by atoms with van der Waals surface area (Å²) >= 11 is 0. The van der Waals surface area contributed by atoms with Crippen LogP contribution in [-0.2, 0) is 6.54 Å². The van der Waals surface area contributed by atoms with Gasteiger partial charge in [0.2, 0.25) is 0 Å². The second-order valence-electron chi connectivity index (χ2n) is 4.10. The first-order valence-electron chi connectivity index (χ1n) is 5.43. The van der Waals surface area contributed by atoms with E-state index in [2.05, 4.69) is 4.90 Å². The molecule has 1 heterocycles. The van der Waals surface area contributed by atoms with Crippen molar-refractivity contribution < 1.29 is 10.0 Å². The minimum atomic E-state index is -1.36. The third kappa shape index (κ3) is 3.49. The average Bonchev–Trinajstić information content (AvgIpc) is 2.71. The van der Waals surface area contributed by atoms with Crippen LogP contribution in [0.4, 0.5) is 0 Å². The van der Waals surface area contributed by atoms with E-state index in [1.54, 1.807) is 12.1 Å². The Labute approximate surface area is 103 Å². The molecule has 0 spiro atoms. The highest BCUT2D eigenvalue weighted by Gasteiger charge is 2.13. The number of rotatable bonds is 3. The average molecular weight is 242 g/mol. The van der Waals surface area contributed by atoms with Crippen molar-refractivity contribution >= 4 is 25.0 Å². The van der Waals surface area contributed by atoms with Crippen LogP contribution in [0.1, 0.15) is 18.4 Å². The van der Waals surface area contributed by atoms with Crippen LogP contribution in [0.5, 0.6) is 0 Å². The number of hydrogen-bond donors (Lipinski definition) is 2. The van der Waals surface area contributed by atoms with Crippen molar-refractivity contribution in [1.29, 1.82) is 0 Å². The van der Waals surface area contributed by atoms with Crippen molar-refractivity contribution in [2.45, 2.75) is 19.4 Å². The van der Waals surface area contributed by atoms with Gasteiger partial charge in [-0.2, -0.15) is 0 Å². The third-order valence-electron chi connectivity index (χ3n) is 2.88. The Morgan fingerprint density at radius 1 is 1.06 bits per heavy atom. The van der Waals surface area contributed by atoms with Crippen molar-refractivity contribution in [2.75, 3.05) is 13.1 Å². The monoisotopic (exact) mass is 241 g/mol. The minimum Gasteiger partial charge on any atom is -0.423 e. The van der Waals surface area contributed by atoms with E-state index in [4.69, 9.17) is 10.0 Å². The zero-order chi connectivity index (χ0) is 10.7. The number of likely N-dealkylation sites (tertiary alicyclic amines) is 1. The van der Waals surface area contributed by atoms with Gasteiger partial charge >= 0.3 is 7.12 Å². The standard InChI is InChI=1S/C11H16BNO2.ClH/c14-12(15)11-5-3-10(4-6-11)9-13-7-1-2-8-13;/h3-6,14-15H,1-2,7-9H2;1H. The van der Waals surface area contributed by atoms with Crippen LogP contribution >= 0.6 is 12.4 Å². The fraction of sp³-hybridized carbons (Fsp3) is 0.455. The summed E-state index contributed by atoms with van der Waals surface area (Å²) in [4.78, 5) is 2.42. The van der Waals surface area contributed by atoms with Crippen molar-refractivity contribution in [3.05, 3.63) is 29.8 Å².